The lowest BCUT2D eigenvalue weighted by Crippen LogP contribution is -2.32. The van der Waals surface area contributed by atoms with Crippen molar-refractivity contribution >= 4 is 61.1 Å². The van der Waals surface area contributed by atoms with E-state index in [0.717, 1.165) is 0 Å². The van der Waals surface area contributed by atoms with Gasteiger partial charge in [-0.3, -0.25) is 28.8 Å². The van der Waals surface area contributed by atoms with Gasteiger partial charge >= 0.3 is 8.60 Å². The van der Waals surface area contributed by atoms with Gasteiger partial charge in [0, 0.05) is 33.8 Å². The van der Waals surface area contributed by atoms with E-state index in [2.05, 4.69) is 31.9 Å². The van der Waals surface area contributed by atoms with E-state index in [9.17, 15) is 28.8 Å². The van der Waals surface area contributed by atoms with Crippen LogP contribution in [0.3, 0.4) is 0 Å². The van der Waals surface area contributed by atoms with Crippen LogP contribution in [0.25, 0.3) is 0 Å². The molecule has 6 N–H and O–H groups in total. The van der Waals surface area contributed by atoms with Crippen molar-refractivity contribution in [1.29, 1.82) is 0 Å². The maximum atomic E-state index is 12.5. The van der Waals surface area contributed by atoms with Crippen molar-refractivity contribution in [3.8, 4) is 17.2 Å². The summed E-state index contributed by atoms with van der Waals surface area (Å²) in [5.74, 6) is -1.40. The summed E-state index contributed by atoms with van der Waals surface area (Å²) in [6, 6.07) is 44.9. The van der Waals surface area contributed by atoms with Crippen LogP contribution in [0.1, 0.15) is 31.1 Å². The van der Waals surface area contributed by atoms with Gasteiger partial charge in [0.1, 0.15) is 17.2 Å². The standard InChI is InChI=1S/C45H39N6O9P/c52-40(28-46-43(55)31-10-4-1-5-11-31)49-34-16-22-37(23-17-34)58-61(59-38-24-18-35(19-25-38)50-41(53)29-47-44(56)32-12-6-2-7-13-32)60-39-26-20-36(21-27-39)51-42(54)30-48-45(57)33-14-8-3-9-15-33/h1-27H,28-30H2,(H,46,55)(H,47,56)(H,48,57)(H,49,52)(H,50,53)(H,51,54). The molecule has 0 aliphatic carbocycles. The van der Waals surface area contributed by atoms with E-state index in [1.165, 1.54) is 0 Å². The molecule has 0 aliphatic heterocycles. The van der Waals surface area contributed by atoms with Crippen molar-refractivity contribution < 1.29 is 42.3 Å². The van der Waals surface area contributed by atoms with Crippen LogP contribution in [0, 0.1) is 0 Å². The van der Waals surface area contributed by atoms with Gasteiger partial charge in [-0.05, 0) is 109 Å². The Morgan fingerprint density at radius 1 is 0.344 bits per heavy atom. The zero-order valence-electron chi connectivity index (χ0n) is 32.3. The molecule has 0 atom stereocenters. The maximum absolute atomic E-state index is 12.5. The van der Waals surface area contributed by atoms with Gasteiger partial charge in [0.05, 0.1) is 19.6 Å². The quantitative estimate of drug-likeness (QED) is 0.0519. The van der Waals surface area contributed by atoms with E-state index in [0.29, 0.717) is 51.0 Å². The Morgan fingerprint density at radius 3 is 0.836 bits per heavy atom. The van der Waals surface area contributed by atoms with Gasteiger partial charge < -0.3 is 45.5 Å². The molecule has 0 unspecified atom stereocenters. The second kappa shape index (κ2) is 21.6. The highest BCUT2D eigenvalue weighted by Gasteiger charge is 2.21. The van der Waals surface area contributed by atoms with E-state index in [4.69, 9.17) is 13.6 Å². The van der Waals surface area contributed by atoms with Gasteiger partial charge in [0.25, 0.3) is 17.7 Å². The van der Waals surface area contributed by atoms with E-state index >= 15 is 0 Å². The number of amides is 6. The average Bonchev–Trinajstić information content (AvgIpc) is 3.29. The summed E-state index contributed by atoms with van der Waals surface area (Å²) < 4.78 is 18.3. The molecular formula is C45H39N6O9P. The molecule has 6 rings (SSSR count). The molecule has 15 nitrogen and oxygen atoms in total. The summed E-state index contributed by atoms with van der Waals surface area (Å²) in [6.07, 6.45) is 0. The maximum Gasteiger partial charge on any atom is 0.530 e. The van der Waals surface area contributed by atoms with Crippen LogP contribution in [-0.2, 0) is 14.4 Å². The molecule has 0 saturated heterocycles. The first kappa shape index (κ1) is 42.6. The molecule has 0 bridgehead atoms. The van der Waals surface area contributed by atoms with Gasteiger partial charge in [-0.2, -0.15) is 0 Å². The molecule has 0 aromatic heterocycles. The fourth-order valence-corrected chi connectivity index (χ4v) is 6.28. The number of hydrogen-bond donors (Lipinski definition) is 6. The first-order valence-corrected chi connectivity index (χ1v) is 19.8. The predicted octanol–water partition coefficient (Wildman–Crippen LogP) is 6.56. The van der Waals surface area contributed by atoms with Gasteiger partial charge in [-0.1, -0.05) is 54.6 Å². The SMILES string of the molecule is O=C(CNC(=O)c1ccccc1)Nc1ccc(OP(Oc2ccc(NC(=O)CNC(=O)c3ccccc3)cc2)Oc2ccc(NC(=O)CNC(=O)c3ccccc3)cc2)cc1. The third-order valence-corrected chi connectivity index (χ3v) is 9.37. The minimum Gasteiger partial charge on any atom is -0.409 e. The Bertz CT molecular complexity index is 2150. The van der Waals surface area contributed by atoms with Crippen LogP contribution in [-0.4, -0.2) is 55.1 Å². The molecule has 308 valence electrons. The van der Waals surface area contributed by atoms with E-state index in [1.807, 2.05) is 0 Å². The Labute approximate surface area is 351 Å². The zero-order valence-corrected chi connectivity index (χ0v) is 33.2. The fourth-order valence-electron chi connectivity index (χ4n) is 5.28. The molecule has 0 radical (unpaired) electrons. The summed E-state index contributed by atoms with van der Waals surface area (Å²) in [5, 5.41) is 15.9. The van der Waals surface area contributed by atoms with Crippen LogP contribution in [0.15, 0.2) is 164 Å². The number of carbonyl (C=O) groups is 6. The molecule has 16 heteroatoms. The molecule has 0 heterocycles. The second-order valence-electron chi connectivity index (χ2n) is 12.9. The van der Waals surface area contributed by atoms with Crippen molar-refractivity contribution in [2.75, 3.05) is 35.6 Å². The monoisotopic (exact) mass is 838 g/mol. The van der Waals surface area contributed by atoms with Crippen molar-refractivity contribution in [2.45, 2.75) is 0 Å². The Kier molecular flexibility index (Phi) is 15.1. The third-order valence-electron chi connectivity index (χ3n) is 8.29. The average molecular weight is 839 g/mol. The lowest BCUT2D eigenvalue weighted by Gasteiger charge is -2.18. The van der Waals surface area contributed by atoms with Crippen molar-refractivity contribution in [2.24, 2.45) is 0 Å². The zero-order chi connectivity index (χ0) is 42.8. The molecule has 6 aromatic rings. The first-order chi connectivity index (χ1) is 29.7. The molecule has 0 aliphatic rings. The van der Waals surface area contributed by atoms with Crippen LogP contribution in [0.5, 0.6) is 17.2 Å². The van der Waals surface area contributed by atoms with E-state index in [-0.39, 0.29) is 37.4 Å². The van der Waals surface area contributed by atoms with Crippen LogP contribution < -0.4 is 45.5 Å². The van der Waals surface area contributed by atoms with Crippen molar-refractivity contribution in [3.63, 3.8) is 0 Å². The largest absolute Gasteiger partial charge is 0.530 e. The Morgan fingerprint density at radius 2 is 0.590 bits per heavy atom. The normalized spacial score (nSPS) is 10.4. The number of hydrogen-bond acceptors (Lipinski definition) is 9. The number of anilines is 3. The molecule has 0 saturated carbocycles. The summed E-state index contributed by atoms with van der Waals surface area (Å²) in [6.45, 7) is -0.710. The fraction of sp³-hybridized carbons (Fsp3) is 0.0667. The number of nitrogens with one attached hydrogen (secondary N) is 6. The second-order valence-corrected chi connectivity index (χ2v) is 13.9. The summed E-state index contributed by atoms with van der Waals surface area (Å²) in [5.41, 5.74) is 2.66. The van der Waals surface area contributed by atoms with Gasteiger partial charge in [-0.15, -0.1) is 0 Å². The van der Waals surface area contributed by atoms with Gasteiger partial charge in [-0.25, -0.2) is 0 Å². The highest BCUT2D eigenvalue weighted by molar-refractivity contribution is 7.43. The number of benzene rings is 6. The minimum atomic E-state index is -2.18. The lowest BCUT2D eigenvalue weighted by atomic mass is 10.2. The Hall–Kier alpha value is -8.03. The van der Waals surface area contributed by atoms with Crippen molar-refractivity contribution in [1.82, 2.24) is 16.0 Å². The topological polar surface area (TPSA) is 202 Å². The highest BCUT2D eigenvalue weighted by Crippen LogP contribution is 2.43. The Balaban J connectivity index is 1.05. The van der Waals surface area contributed by atoms with Crippen LogP contribution >= 0.6 is 8.60 Å². The smallest absolute Gasteiger partial charge is 0.409 e. The highest BCUT2D eigenvalue weighted by atomic mass is 31.2. The third kappa shape index (κ3) is 13.8. The molecule has 6 amide bonds. The lowest BCUT2D eigenvalue weighted by molar-refractivity contribution is -0.116. The number of carbonyl (C=O) groups excluding carboxylic acids is 6. The van der Waals surface area contributed by atoms with Crippen molar-refractivity contribution in [3.05, 3.63) is 180 Å². The first-order valence-electron chi connectivity index (χ1n) is 18.7. The molecule has 6 aromatic carbocycles. The predicted molar refractivity (Wildman–Crippen MR) is 230 cm³/mol. The van der Waals surface area contributed by atoms with E-state index < -0.39 is 26.3 Å². The van der Waals surface area contributed by atoms with E-state index in [1.54, 1.807) is 164 Å². The van der Waals surface area contributed by atoms with Gasteiger partial charge in [0.15, 0.2) is 0 Å². The van der Waals surface area contributed by atoms with Crippen LogP contribution in [0.2, 0.25) is 0 Å². The molecule has 61 heavy (non-hydrogen) atoms. The summed E-state index contributed by atoms with van der Waals surface area (Å²) >= 11 is 0. The van der Waals surface area contributed by atoms with Crippen LogP contribution in [0.4, 0.5) is 17.1 Å². The number of rotatable bonds is 18. The molecular weight excluding hydrogens is 800 g/mol. The molecule has 0 spiro atoms. The minimum absolute atomic E-state index is 0.237. The summed E-state index contributed by atoms with van der Waals surface area (Å²) in [7, 11) is -2.18. The summed E-state index contributed by atoms with van der Waals surface area (Å²) in [4.78, 5) is 74.5. The molecule has 0 fully saturated rings. The van der Waals surface area contributed by atoms with Gasteiger partial charge in [0.2, 0.25) is 17.7 Å².